The molecule has 1 aromatic carbocycles. The van der Waals surface area contributed by atoms with E-state index in [0.29, 0.717) is 0 Å². The largest absolute Gasteiger partial charge is 0.313 e. The molecule has 13 heavy (non-hydrogen) atoms. The lowest BCUT2D eigenvalue weighted by atomic mass is 10.2. The van der Waals surface area contributed by atoms with E-state index in [1.54, 1.807) is 0 Å². The standard InChI is InChI=1S/C10H14IN.ClH/c1-2-6-12-8-9-4-3-5-10(11)7-9;/h3-5,7,12H,2,6,8H2,1H3;1H. The average molecular weight is 312 g/mol. The summed E-state index contributed by atoms with van der Waals surface area (Å²) >= 11 is 2.34. The van der Waals surface area contributed by atoms with E-state index in [-0.39, 0.29) is 12.4 Å². The molecule has 0 fully saturated rings. The number of hydrogen-bond donors (Lipinski definition) is 1. The van der Waals surface area contributed by atoms with E-state index < -0.39 is 0 Å². The third kappa shape index (κ3) is 5.49. The fourth-order valence-corrected chi connectivity index (χ4v) is 1.66. The molecule has 0 aliphatic rings. The van der Waals surface area contributed by atoms with Gasteiger partial charge in [0.05, 0.1) is 0 Å². The molecule has 1 nitrogen and oxygen atoms in total. The number of nitrogens with one attached hydrogen (secondary N) is 1. The summed E-state index contributed by atoms with van der Waals surface area (Å²) in [6, 6.07) is 8.59. The Bertz CT molecular complexity index is 240. The van der Waals surface area contributed by atoms with Crippen LogP contribution in [0.5, 0.6) is 0 Å². The van der Waals surface area contributed by atoms with E-state index in [1.807, 2.05) is 0 Å². The molecule has 1 rings (SSSR count). The molecule has 0 radical (unpaired) electrons. The fraction of sp³-hybridized carbons (Fsp3) is 0.400. The zero-order valence-corrected chi connectivity index (χ0v) is 10.7. The normalized spacial score (nSPS) is 9.38. The second kappa shape index (κ2) is 7.59. The summed E-state index contributed by atoms with van der Waals surface area (Å²) in [6.45, 7) is 4.28. The lowest BCUT2D eigenvalue weighted by Gasteiger charge is -2.02. The Morgan fingerprint density at radius 2 is 2.15 bits per heavy atom. The molecule has 0 aliphatic carbocycles. The van der Waals surface area contributed by atoms with Gasteiger partial charge < -0.3 is 5.32 Å². The van der Waals surface area contributed by atoms with E-state index in [4.69, 9.17) is 0 Å². The van der Waals surface area contributed by atoms with Gasteiger partial charge >= 0.3 is 0 Å². The SMILES string of the molecule is CCCNCc1cccc(I)c1.Cl. The van der Waals surface area contributed by atoms with Crippen molar-refractivity contribution >= 4 is 35.0 Å². The van der Waals surface area contributed by atoms with Gasteiger partial charge in [-0.2, -0.15) is 0 Å². The van der Waals surface area contributed by atoms with Crippen LogP contribution >= 0.6 is 35.0 Å². The van der Waals surface area contributed by atoms with Crippen molar-refractivity contribution in [2.75, 3.05) is 6.54 Å². The van der Waals surface area contributed by atoms with Gasteiger partial charge in [-0.15, -0.1) is 12.4 Å². The van der Waals surface area contributed by atoms with Gasteiger partial charge in [0.15, 0.2) is 0 Å². The molecular weight excluding hydrogens is 296 g/mol. The van der Waals surface area contributed by atoms with Crippen molar-refractivity contribution in [3.8, 4) is 0 Å². The van der Waals surface area contributed by atoms with Crippen molar-refractivity contribution in [3.63, 3.8) is 0 Å². The number of rotatable bonds is 4. The maximum atomic E-state index is 3.38. The minimum Gasteiger partial charge on any atom is -0.313 e. The number of hydrogen-bond acceptors (Lipinski definition) is 1. The third-order valence-corrected chi connectivity index (χ3v) is 2.32. The van der Waals surface area contributed by atoms with Crippen LogP contribution in [0.3, 0.4) is 0 Å². The molecule has 0 saturated heterocycles. The van der Waals surface area contributed by atoms with Crippen LogP contribution in [0.15, 0.2) is 24.3 Å². The third-order valence-electron chi connectivity index (χ3n) is 1.64. The molecule has 0 aliphatic heterocycles. The first-order valence-electron chi connectivity index (χ1n) is 4.28. The van der Waals surface area contributed by atoms with Crippen LogP contribution in [-0.4, -0.2) is 6.54 Å². The number of benzene rings is 1. The summed E-state index contributed by atoms with van der Waals surface area (Å²) in [5, 5.41) is 3.38. The summed E-state index contributed by atoms with van der Waals surface area (Å²) in [4.78, 5) is 0. The Morgan fingerprint density at radius 3 is 2.77 bits per heavy atom. The zero-order valence-electron chi connectivity index (χ0n) is 7.72. The first-order valence-corrected chi connectivity index (χ1v) is 5.36. The number of halogens is 2. The van der Waals surface area contributed by atoms with Gasteiger partial charge in [0.2, 0.25) is 0 Å². The van der Waals surface area contributed by atoms with Crippen molar-refractivity contribution in [3.05, 3.63) is 33.4 Å². The first kappa shape index (κ1) is 13.2. The molecule has 0 atom stereocenters. The fourth-order valence-electron chi connectivity index (χ4n) is 1.06. The maximum Gasteiger partial charge on any atom is 0.0205 e. The smallest absolute Gasteiger partial charge is 0.0205 e. The maximum absolute atomic E-state index is 3.38. The molecule has 1 N–H and O–H groups in total. The van der Waals surface area contributed by atoms with Crippen LogP contribution in [0.4, 0.5) is 0 Å². The molecule has 0 bridgehead atoms. The molecule has 1 aromatic rings. The van der Waals surface area contributed by atoms with Crippen molar-refractivity contribution in [1.82, 2.24) is 5.32 Å². The Hall–Kier alpha value is 0.200. The summed E-state index contributed by atoms with van der Waals surface area (Å²) < 4.78 is 1.31. The molecule has 0 aromatic heterocycles. The summed E-state index contributed by atoms with van der Waals surface area (Å²) in [5.41, 5.74) is 1.37. The van der Waals surface area contributed by atoms with Crippen molar-refractivity contribution in [2.24, 2.45) is 0 Å². The first-order chi connectivity index (χ1) is 5.83. The monoisotopic (exact) mass is 311 g/mol. The molecule has 0 unspecified atom stereocenters. The van der Waals surface area contributed by atoms with Gasteiger partial charge in [-0.1, -0.05) is 19.1 Å². The molecule has 74 valence electrons. The van der Waals surface area contributed by atoms with Crippen LogP contribution in [0.1, 0.15) is 18.9 Å². The Kier molecular flexibility index (Phi) is 7.71. The van der Waals surface area contributed by atoms with Crippen molar-refractivity contribution in [2.45, 2.75) is 19.9 Å². The Labute approximate surface area is 99.9 Å². The topological polar surface area (TPSA) is 12.0 Å². The molecule has 0 saturated carbocycles. The summed E-state index contributed by atoms with van der Waals surface area (Å²) in [6.07, 6.45) is 1.20. The van der Waals surface area contributed by atoms with Gasteiger partial charge in [0, 0.05) is 10.1 Å². The second-order valence-electron chi connectivity index (χ2n) is 2.81. The Balaban J connectivity index is 0.00000144. The van der Waals surface area contributed by atoms with Crippen molar-refractivity contribution < 1.29 is 0 Å². The van der Waals surface area contributed by atoms with E-state index in [0.717, 1.165) is 13.1 Å². The van der Waals surface area contributed by atoms with E-state index in [2.05, 4.69) is 59.1 Å². The molecule has 0 spiro atoms. The van der Waals surface area contributed by atoms with Crippen LogP contribution in [0.25, 0.3) is 0 Å². The van der Waals surface area contributed by atoms with Crippen molar-refractivity contribution in [1.29, 1.82) is 0 Å². The van der Waals surface area contributed by atoms with Crippen LogP contribution < -0.4 is 5.32 Å². The van der Waals surface area contributed by atoms with Gasteiger partial charge in [-0.3, -0.25) is 0 Å². The van der Waals surface area contributed by atoms with Gasteiger partial charge in [-0.05, 0) is 53.3 Å². The van der Waals surface area contributed by atoms with Gasteiger partial charge in [0.1, 0.15) is 0 Å². The quantitative estimate of drug-likeness (QED) is 0.665. The van der Waals surface area contributed by atoms with E-state index in [9.17, 15) is 0 Å². The predicted octanol–water partition coefficient (Wildman–Crippen LogP) is 3.21. The highest BCUT2D eigenvalue weighted by molar-refractivity contribution is 14.1. The Morgan fingerprint density at radius 1 is 1.38 bits per heavy atom. The predicted molar refractivity (Wildman–Crippen MR) is 68.4 cm³/mol. The zero-order chi connectivity index (χ0) is 8.81. The lowest BCUT2D eigenvalue weighted by Crippen LogP contribution is -2.13. The van der Waals surface area contributed by atoms with Crippen LogP contribution in [0, 0.1) is 3.57 Å². The molecule has 3 heteroatoms. The highest BCUT2D eigenvalue weighted by atomic mass is 127. The minimum atomic E-state index is 0. The minimum absolute atomic E-state index is 0. The van der Waals surface area contributed by atoms with E-state index in [1.165, 1.54) is 15.6 Å². The summed E-state index contributed by atoms with van der Waals surface area (Å²) in [7, 11) is 0. The molecule has 0 heterocycles. The summed E-state index contributed by atoms with van der Waals surface area (Å²) in [5.74, 6) is 0. The lowest BCUT2D eigenvalue weighted by molar-refractivity contribution is 0.675. The van der Waals surface area contributed by atoms with E-state index >= 15 is 0 Å². The highest BCUT2D eigenvalue weighted by Crippen LogP contribution is 2.07. The molecular formula is C10H15ClIN. The van der Waals surface area contributed by atoms with Gasteiger partial charge in [-0.25, -0.2) is 0 Å². The van der Waals surface area contributed by atoms with Crippen LogP contribution in [0.2, 0.25) is 0 Å². The van der Waals surface area contributed by atoms with Gasteiger partial charge in [0.25, 0.3) is 0 Å². The van der Waals surface area contributed by atoms with Crippen LogP contribution in [-0.2, 0) is 6.54 Å². The molecule has 0 amide bonds. The average Bonchev–Trinajstić information content (AvgIpc) is 2.05. The second-order valence-corrected chi connectivity index (χ2v) is 4.05. The highest BCUT2D eigenvalue weighted by Gasteiger charge is 1.91.